The zero-order chi connectivity index (χ0) is 13.8. The van der Waals surface area contributed by atoms with Crippen LogP contribution in [-0.4, -0.2) is 5.91 Å². The molecule has 1 amide bonds. The van der Waals surface area contributed by atoms with E-state index in [0.717, 1.165) is 14.9 Å². The summed E-state index contributed by atoms with van der Waals surface area (Å²) >= 11 is 4.98. The van der Waals surface area contributed by atoms with E-state index >= 15 is 0 Å². The van der Waals surface area contributed by atoms with E-state index < -0.39 is 0 Å². The predicted molar refractivity (Wildman–Crippen MR) is 82.2 cm³/mol. The molecule has 1 aromatic carbocycles. The molecule has 0 aliphatic rings. The first-order valence-corrected chi connectivity index (χ1v) is 7.36. The molecular weight excluding hydrogens is 326 g/mol. The van der Waals surface area contributed by atoms with Crippen LogP contribution in [0.3, 0.4) is 0 Å². The normalized spacial score (nSPS) is 10.3. The fourth-order valence-electron chi connectivity index (χ4n) is 1.68. The first kappa shape index (κ1) is 14.0. The molecule has 1 aromatic heterocycles. The zero-order valence-corrected chi connectivity index (χ0v) is 12.8. The van der Waals surface area contributed by atoms with Gasteiger partial charge in [-0.1, -0.05) is 6.07 Å². The topological polar surface area (TPSA) is 67.2 Å². The first-order valence-electron chi connectivity index (χ1n) is 5.68. The average Bonchev–Trinajstić information content (AvgIpc) is 2.81. The van der Waals surface area contributed by atoms with Gasteiger partial charge >= 0.3 is 0 Å². The number of carbonyl (C=O) groups excluding carboxylic acids is 1. The van der Waals surface area contributed by atoms with Crippen molar-refractivity contribution in [2.45, 2.75) is 13.5 Å². The number of amides is 1. The Morgan fingerprint density at radius 3 is 2.84 bits per heavy atom. The third-order valence-corrected chi connectivity index (χ3v) is 4.32. The molecule has 0 fully saturated rings. The van der Waals surface area contributed by atoms with Gasteiger partial charge in [0.05, 0.1) is 17.8 Å². The Morgan fingerprint density at radius 2 is 2.21 bits per heavy atom. The summed E-state index contributed by atoms with van der Waals surface area (Å²) in [6.45, 7) is 2.46. The van der Waals surface area contributed by atoms with Gasteiger partial charge in [0.15, 0.2) is 0 Å². The number of carbonyl (C=O) groups is 1. The van der Waals surface area contributed by atoms with Crippen LogP contribution in [0.25, 0.3) is 0 Å². The van der Waals surface area contributed by atoms with Crippen molar-refractivity contribution in [3.8, 4) is 0 Å². The predicted octanol–water partition coefficient (Wildman–Crippen LogP) is 3.03. The summed E-state index contributed by atoms with van der Waals surface area (Å²) < 4.78 is 1.03. The lowest BCUT2D eigenvalue weighted by atomic mass is 10.1. The van der Waals surface area contributed by atoms with Crippen molar-refractivity contribution in [2.24, 2.45) is 5.84 Å². The van der Waals surface area contributed by atoms with Crippen LogP contribution < -0.4 is 16.6 Å². The van der Waals surface area contributed by atoms with Crippen LogP contribution in [0.2, 0.25) is 0 Å². The Labute approximate surface area is 124 Å². The quantitative estimate of drug-likeness (QED) is 0.592. The summed E-state index contributed by atoms with van der Waals surface area (Å²) in [6.07, 6.45) is 0. The number of rotatable bonds is 4. The smallest absolute Gasteiger partial charge is 0.253 e. The summed E-state index contributed by atoms with van der Waals surface area (Å²) in [4.78, 5) is 13.2. The second-order valence-corrected chi connectivity index (χ2v) is 6.02. The molecule has 1 heterocycles. The molecule has 0 saturated carbocycles. The van der Waals surface area contributed by atoms with Crippen molar-refractivity contribution in [3.05, 3.63) is 50.1 Å². The minimum Gasteiger partial charge on any atom is -0.347 e. The van der Waals surface area contributed by atoms with Crippen LogP contribution in [-0.2, 0) is 6.54 Å². The maximum Gasteiger partial charge on any atom is 0.253 e. The molecule has 0 aliphatic heterocycles. The van der Waals surface area contributed by atoms with Gasteiger partial charge in [0.25, 0.3) is 5.91 Å². The summed E-state index contributed by atoms with van der Waals surface area (Å²) in [6, 6.07) is 7.49. The number of thiophene rings is 1. The molecule has 0 saturated heterocycles. The van der Waals surface area contributed by atoms with E-state index in [-0.39, 0.29) is 5.91 Å². The van der Waals surface area contributed by atoms with Crippen LogP contribution in [0, 0.1) is 6.92 Å². The van der Waals surface area contributed by atoms with Crippen molar-refractivity contribution in [1.82, 2.24) is 5.32 Å². The van der Waals surface area contributed by atoms with Gasteiger partial charge < -0.3 is 10.7 Å². The molecule has 0 spiro atoms. The molecule has 2 aromatic rings. The number of hydrogen-bond acceptors (Lipinski definition) is 4. The number of anilines is 1. The van der Waals surface area contributed by atoms with E-state index in [9.17, 15) is 4.79 Å². The maximum absolute atomic E-state index is 12.1. The van der Waals surface area contributed by atoms with Crippen molar-refractivity contribution >= 4 is 38.9 Å². The summed E-state index contributed by atoms with van der Waals surface area (Å²) in [7, 11) is 0. The molecule has 4 N–H and O–H groups in total. The highest BCUT2D eigenvalue weighted by molar-refractivity contribution is 9.10. The van der Waals surface area contributed by atoms with Crippen LogP contribution in [0.15, 0.2) is 34.1 Å². The number of nitrogens with one attached hydrogen (secondary N) is 2. The van der Waals surface area contributed by atoms with E-state index in [4.69, 9.17) is 5.84 Å². The lowest BCUT2D eigenvalue weighted by molar-refractivity contribution is 0.0952. The summed E-state index contributed by atoms with van der Waals surface area (Å²) in [5.41, 5.74) is 4.78. The Bertz CT molecular complexity index is 597. The molecule has 0 atom stereocenters. The van der Waals surface area contributed by atoms with Gasteiger partial charge in [0, 0.05) is 14.7 Å². The number of halogens is 1. The Morgan fingerprint density at radius 1 is 1.42 bits per heavy atom. The highest BCUT2D eigenvalue weighted by Crippen LogP contribution is 2.20. The van der Waals surface area contributed by atoms with Gasteiger partial charge in [0.2, 0.25) is 0 Å². The van der Waals surface area contributed by atoms with Gasteiger partial charge in [-0.2, -0.15) is 0 Å². The standard InChI is InChI=1S/C13H14BrN3OS/c1-8-2-3-11(12(4-8)17-15)13(18)16-6-10-5-9(14)7-19-10/h2-5,7,17H,6,15H2,1H3,(H,16,18). The largest absolute Gasteiger partial charge is 0.347 e. The average molecular weight is 340 g/mol. The number of nitrogens with two attached hydrogens (primary N) is 1. The van der Waals surface area contributed by atoms with Gasteiger partial charge in [0.1, 0.15) is 0 Å². The molecule has 0 bridgehead atoms. The molecule has 0 radical (unpaired) electrons. The van der Waals surface area contributed by atoms with Crippen LogP contribution in [0.1, 0.15) is 20.8 Å². The first-order chi connectivity index (χ1) is 9.10. The highest BCUT2D eigenvalue weighted by atomic mass is 79.9. The van der Waals surface area contributed by atoms with Gasteiger partial charge in [-0.15, -0.1) is 11.3 Å². The zero-order valence-electron chi connectivity index (χ0n) is 10.4. The lowest BCUT2D eigenvalue weighted by Crippen LogP contribution is -2.24. The number of hydrazine groups is 1. The number of hydrogen-bond donors (Lipinski definition) is 3. The monoisotopic (exact) mass is 339 g/mol. The molecule has 0 aliphatic carbocycles. The van der Waals surface area contributed by atoms with Crippen molar-refractivity contribution in [1.29, 1.82) is 0 Å². The fourth-order valence-corrected chi connectivity index (χ4v) is 3.08. The number of nitrogen functional groups attached to an aromatic ring is 1. The second-order valence-electron chi connectivity index (χ2n) is 4.11. The number of aryl methyl sites for hydroxylation is 1. The van der Waals surface area contributed by atoms with Gasteiger partial charge in [-0.05, 0) is 46.6 Å². The summed E-state index contributed by atoms with van der Waals surface area (Å²) in [5.74, 6) is 5.29. The SMILES string of the molecule is Cc1ccc(C(=O)NCc2cc(Br)cs2)c(NN)c1. The molecular formula is C13H14BrN3OS. The maximum atomic E-state index is 12.1. The Kier molecular flexibility index (Phi) is 4.57. The van der Waals surface area contributed by atoms with Crippen molar-refractivity contribution < 1.29 is 4.79 Å². The Hall–Kier alpha value is -1.37. The molecule has 19 heavy (non-hydrogen) atoms. The van der Waals surface area contributed by atoms with E-state index in [2.05, 4.69) is 26.7 Å². The lowest BCUT2D eigenvalue weighted by Gasteiger charge is -2.10. The van der Waals surface area contributed by atoms with E-state index in [1.54, 1.807) is 17.4 Å². The Balaban J connectivity index is 2.07. The fraction of sp³-hybridized carbons (Fsp3) is 0.154. The number of benzene rings is 1. The third kappa shape index (κ3) is 3.56. The molecule has 0 unspecified atom stereocenters. The molecule has 100 valence electrons. The van der Waals surface area contributed by atoms with Gasteiger partial charge in [-0.3, -0.25) is 10.6 Å². The van der Waals surface area contributed by atoms with Crippen LogP contribution >= 0.6 is 27.3 Å². The second kappa shape index (κ2) is 6.18. The minimum absolute atomic E-state index is 0.141. The summed E-state index contributed by atoms with van der Waals surface area (Å²) in [5, 5.41) is 4.86. The minimum atomic E-state index is -0.141. The van der Waals surface area contributed by atoms with Gasteiger partial charge in [-0.25, -0.2) is 0 Å². The highest BCUT2D eigenvalue weighted by Gasteiger charge is 2.11. The van der Waals surface area contributed by atoms with Crippen LogP contribution in [0.4, 0.5) is 5.69 Å². The van der Waals surface area contributed by atoms with Crippen LogP contribution in [0.5, 0.6) is 0 Å². The molecule has 4 nitrogen and oxygen atoms in total. The molecule has 6 heteroatoms. The van der Waals surface area contributed by atoms with E-state index in [1.807, 2.05) is 30.5 Å². The van der Waals surface area contributed by atoms with Crippen molar-refractivity contribution in [3.63, 3.8) is 0 Å². The van der Waals surface area contributed by atoms with E-state index in [0.29, 0.717) is 17.8 Å². The van der Waals surface area contributed by atoms with E-state index in [1.165, 1.54) is 0 Å². The molecule has 2 rings (SSSR count). The third-order valence-electron chi connectivity index (χ3n) is 2.62. The van der Waals surface area contributed by atoms with Crippen molar-refractivity contribution in [2.75, 3.05) is 5.43 Å².